The summed E-state index contributed by atoms with van der Waals surface area (Å²) in [5.74, 6) is -1.42. The molecule has 0 fully saturated rings. The Morgan fingerprint density at radius 1 is 1.11 bits per heavy atom. The van der Waals surface area contributed by atoms with Crippen LogP contribution in [0.1, 0.15) is 26.7 Å². The number of ether oxygens (including phenoxy) is 1. The Bertz CT molecular complexity index is 601. The predicted molar refractivity (Wildman–Crippen MR) is 101 cm³/mol. The first kappa shape index (κ1) is 21.9. The van der Waals surface area contributed by atoms with Crippen LogP contribution in [0.3, 0.4) is 0 Å². The Morgan fingerprint density at radius 3 is 2.48 bits per heavy atom. The Balaban J connectivity index is 2.35. The first-order chi connectivity index (χ1) is 12.7. The van der Waals surface area contributed by atoms with Crippen molar-refractivity contribution in [3.8, 4) is 0 Å². The number of hydrogen-bond donors (Lipinski definition) is 5. The molecule has 8 atom stereocenters. The third-order valence-corrected chi connectivity index (χ3v) is 5.37. The van der Waals surface area contributed by atoms with Crippen LogP contribution in [0, 0.1) is 11.8 Å². The van der Waals surface area contributed by atoms with E-state index in [-0.39, 0.29) is 18.4 Å². The quantitative estimate of drug-likeness (QED) is 0.435. The molecule has 0 saturated carbocycles. The maximum absolute atomic E-state index is 12.0. The summed E-state index contributed by atoms with van der Waals surface area (Å²) in [5.41, 5.74) is 0.682. The van der Waals surface area contributed by atoms with Gasteiger partial charge in [-0.2, -0.15) is 0 Å². The van der Waals surface area contributed by atoms with Gasteiger partial charge in [0, 0.05) is 12.0 Å². The fourth-order valence-electron chi connectivity index (χ4n) is 3.36. The normalized spacial score (nSPS) is 44.0. The molecule has 0 spiro atoms. The molecule has 0 aromatic heterocycles. The lowest BCUT2D eigenvalue weighted by Crippen LogP contribution is -2.44. The number of aliphatic hydroxyl groups is 4. The second-order valence-corrected chi connectivity index (χ2v) is 7.39. The number of rotatable bonds is 1. The fourth-order valence-corrected chi connectivity index (χ4v) is 3.36. The van der Waals surface area contributed by atoms with Gasteiger partial charge in [-0.1, -0.05) is 31.2 Å². The monoisotopic (exact) mass is 381 g/mol. The lowest BCUT2D eigenvalue weighted by molar-refractivity contribution is -0.179. The van der Waals surface area contributed by atoms with Gasteiger partial charge in [-0.3, -0.25) is 4.79 Å². The van der Waals surface area contributed by atoms with Gasteiger partial charge in [-0.25, -0.2) is 0 Å². The van der Waals surface area contributed by atoms with Gasteiger partial charge in [0.05, 0.1) is 24.2 Å². The zero-order valence-electron chi connectivity index (χ0n) is 16.0. The van der Waals surface area contributed by atoms with Crippen molar-refractivity contribution < 1.29 is 30.0 Å². The minimum absolute atomic E-state index is 0.0571. The number of hydrogen-bond acceptors (Lipinski definition) is 7. The van der Waals surface area contributed by atoms with E-state index in [1.165, 1.54) is 6.08 Å². The van der Waals surface area contributed by atoms with Crippen LogP contribution < -0.4 is 5.32 Å². The minimum Gasteiger partial charge on any atom is -0.392 e. The Labute approximate surface area is 160 Å². The summed E-state index contributed by atoms with van der Waals surface area (Å²) in [4.78, 5) is 12.0. The second-order valence-electron chi connectivity index (χ2n) is 7.39. The highest BCUT2D eigenvalue weighted by atomic mass is 16.6. The summed E-state index contributed by atoms with van der Waals surface area (Å²) >= 11 is 0. The van der Waals surface area contributed by atoms with Crippen LogP contribution >= 0.6 is 0 Å². The van der Waals surface area contributed by atoms with Crippen molar-refractivity contribution in [1.82, 2.24) is 5.32 Å². The number of aliphatic hydroxyl groups excluding tert-OH is 4. The summed E-state index contributed by atoms with van der Waals surface area (Å²) < 4.78 is 5.73. The van der Waals surface area contributed by atoms with Gasteiger partial charge < -0.3 is 30.5 Å². The average molecular weight is 381 g/mol. The highest BCUT2D eigenvalue weighted by molar-refractivity contribution is 5.93. The molecule has 0 aromatic rings. The molecule has 152 valence electrons. The molecule has 0 saturated heterocycles. The molecular weight excluding hydrogens is 350 g/mol. The van der Waals surface area contributed by atoms with Crippen molar-refractivity contribution in [2.45, 2.75) is 63.4 Å². The first-order valence-corrected chi connectivity index (χ1v) is 9.39. The standard InChI is InChI=1S/C20H31NO6/c1-11-7-8-16(23)19(25)15(22)6-4-5-13-9-14(21-3)10-17(24)18(13)20(26)27-12(11)2/h4-5,7-9,11-12,14-15,17-22,24-26H,6,10H2,1-3H3/b5-4+,8-7-/t11-,12+,14?,15+,17?,18+,19?,20+/m1/s1. The van der Waals surface area contributed by atoms with Crippen LogP contribution in [0.25, 0.3) is 0 Å². The predicted octanol–water partition coefficient (Wildman–Crippen LogP) is 0.0482. The number of carbonyl (C=O) groups is 1. The summed E-state index contributed by atoms with van der Waals surface area (Å²) in [6, 6.07) is -0.0571. The van der Waals surface area contributed by atoms with Crippen LogP contribution in [0.15, 0.2) is 36.0 Å². The highest BCUT2D eigenvalue weighted by Gasteiger charge is 2.36. The lowest BCUT2D eigenvalue weighted by atomic mass is 9.82. The van der Waals surface area contributed by atoms with Gasteiger partial charge in [0.1, 0.15) is 6.10 Å². The van der Waals surface area contributed by atoms with Crippen molar-refractivity contribution in [3.05, 3.63) is 36.0 Å². The molecule has 1 aliphatic carbocycles. The van der Waals surface area contributed by atoms with Crippen LogP contribution in [0.5, 0.6) is 0 Å². The maximum Gasteiger partial charge on any atom is 0.186 e. The summed E-state index contributed by atoms with van der Waals surface area (Å²) in [6.07, 6.45) is 3.38. The molecule has 3 unspecified atom stereocenters. The number of ketones is 1. The molecule has 2 aliphatic rings. The van der Waals surface area contributed by atoms with Gasteiger partial charge in [0.15, 0.2) is 12.1 Å². The molecule has 27 heavy (non-hydrogen) atoms. The zero-order valence-corrected chi connectivity index (χ0v) is 16.0. The first-order valence-electron chi connectivity index (χ1n) is 9.39. The minimum atomic E-state index is -1.50. The van der Waals surface area contributed by atoms with E-state index in [1.807, 2.05) is 13.0 Å². The number of allylic oxidation sites excluding steroid dienone is 1. The van der Waals surface area contributed by atoms with Crippen molar-refractivity contribution in [2.75, 3.05) is 7.05 Å². The smallest absolute Gasteiger partial charge is 0.186 e. The molecule has 0 bridgehead atoms. The average Bonchev–Trinajstić information content (AvgIpc) is 2.63. The van der Waals surface area contributed by atoms with Crippen molar-refractivity contribution in [3.63, 3.8) is 0 Å². The molecule has 7 heteroatoms. The van der Waals surface area contributed by atoms with Gasteiger partial charge in [-0.15, -0.1) is 0 Å². The van der Waals surface area contributed by atoms with Gasteiger partial charge in [-0.05, 0) is 38.5 Å². The third kappa shape index (κ3) is 5.57. The van der Waals surface area contributed by atoms with Gasteiger partial charge in [0.25, 0.3) is 0 Å². The van der Waals surface area contributed by atoms with E-state index < -0.39 is 42.4 Å². The summed E-state index contributed by atoms with van der Waals surface area (Å²) in [5, 5.41) is 44.3. The third-order valence-electron chi connectivity index (χ3n) is 5.37. The summed E-state index contributed by atoms with van der Waals surface area (Å²) in [7, 11) is 1.79. The Hall–Kier alpha value is -1.35. The molecule has 1 aliphatic heterocycles. The van der Waals surface area contributed by atoms with E-state index in [9.17, 15) is 25.2 Å². The molecule has 0 amide bonds. The lowest BCUT2D eigenvalue weighted by Gasteiger charge is -2.36. The van der Waals surface area contributed by atoms with E-state index in [0.717, 1.165) is 0 Å². The van der Waals surface area contributed by atoms with E-state index in [0.29, 0.717) is 12.0 Å². The fraction of sp³-hybridized carbons (Fsp3) is 0.650. The van der Waals surface area contributed by atoms with Crippen LogP contribution in [-0.4, -0.2) is 70.0 Å². The number of likely N-dealkylation sites (N-methyl/N-ethyl adjacent to an activating group) is 1. The Kier molecular flexibility index (Phi) is 7.91. The number of fused-ring (bicyclic) bond motifs is 1. The van der Waals surface area contributed by atoms with E-state index >= 15 is 0 Å². The molecule has 0 aromatic carbocycles. The molecule has 2 rings (SSSR count). The maximum atomic E-state index is 12.0. The summed E-state index contributed by atoms with van der Waals surface area (Å²) in [6.45, 7) is 3.59. The van der Waals surface area contributed by atoms with Gasteiger partial charge in [0.2, 0.25) is 0 Å². The zero-order chi connectivity index (χ0) is 20.1. The SMILES string of the molecule is CNC1C=C2/C=C/C[C@H](O)C(O)C(=O)/C=C\[C@@H](C)[C@H](C)O[C@H](O)[C@@H]2C(O)C1. The van der Waals surface area contributed by atoms with Crippen molar-refractivity contribution >= 4 is 5.78 Å². The van der Waals surface area contributed by atoms with Crippen molar-refractivity contribution in [2.24, 2.45) is 11.8 Å². The van der Waals surface area contributed by atoms with Gasteiger partial charge >= 0.3 is 0 Å². The highest BCUT2D eigenvalue weighted by Crippen LogP contribution is 2.31. The van der Waals surface area contributed by atoms with Crippen LogP contribution in [-0.2, 0) is 9.53 Å². The number of carbonyl (C=O) groups excluding carboxylic acids is 1. The molecular formula is C20H31NO6. The molecule has 1 heterocycles. The topological polar surface area (TPSA) is 119 Å². The van der Waals surface area contributed by atoms with Crippen LogP contribution in [0.2, 0.25) is 0 Å². The second kappa shape index (κ2) is 9.73. The van der Waals surface area contributed by atoms with E-state index in [4.69, 9.17) is 4.74 Å². The Morgan fingerprint density at radius 2 is 1.81 bits per heavy atom. The molecule has 0 radical (unpaired) electrons. The van der Waals surface area contributed by atoms with E-state index in [1.54, 1.807) is 32.2 Å². The molecule has 5 N–H and O–H groups in total. The largest absolute Gasteiger partial charge is 0.392 e. The van der Waals surface area contributed by atoms with Crippen molar-refractivity contribution in [1.29, 1.82) is 0 Å². The van der Waals surface area contributed by atoms with Crippen LogP contribution in [0.4, 0.5) is 0 Å². The number of nitrogens with one attached hydrogen (secondary N) is 1. The molecule has 7 nitrogen and oxygen atoms in total. The van der Waals surface area contributed by atoms with E-state index in [2.05, 4.69) is 5.32 Å².